The second-order valence-electron chi connectivity index (χ2n) is 3.63. The van der Waals surface area contributed by atoms with Gasteiger partial charge in [0.25, 0.3) is 5.91 Å². The number of pyridine rings is 1. The highest BCUT2D eigenvalue weighted by atomic mass is 79.9. The van der Waals surface area contributed by atoms with Crippen LogP contribution >= 0.6 is 27.5 Å². The van der Waals surface area contributed by atoms with Gasteiger partial charge < -0.3 is 10.7 Å². The van der Waals surface area contributed by atoms with Crippen molar-refractivity contribution in [3.05, 3.63) is 51.6 Å². The summed E-state index contributed by atoms with van der Waals surface area (Å²) >= 11 is 9.16. The molecule has 0 fully saturated rings. The summed E-state index contributed by atoms with van der Waals surface area (Å²) in [4.78, 5) is 16.1. The zero-order chi connectivity index (χ0) is 13.8. The molecule has 1 aromatic heterocycles. The zero-order valence-corrected chi connectivity index (χ0v) is 12.0. The molecule has 0 aliphatic rings. The van der Waals surface area contributed by atoms with Crippen LogP contribution in [-0.4, -0.2) is 10.9 Å². The van der Waals surface area contributed by atoms with Gasteiger partial charge in [-0.15, -0.1) is 0 Å². The number of hydrogen-bond donors (Lipinski definition) is 3. The third-order valence-electron chi connectivity index (χ3n) is 2.31. The number of amides is 1. The van der Waals surface area contributed by atoms with Crippen LogP contribution in [0.25, 0.3) is 0 Å². The Morgan fingerprint density at radius 1 is 1.32 bits per heavy atom. The summed E-state index contributed by atoms with van der Waals surface area (Å²) < 4.78 is 0.696. The highest BCUT2D eigenvalue weighted by Crippen LogP contribution is 2.26. The minimum absolute atomic E-state index is 0.261. The highest BCUT2D eigenvalue weighted by Gasteiger charge is 2.10. The van der Waals surface area contributed by atoms with E-state index in [0.717, 1.165) is 0 Å². The predicted molar refractivity (Wildman–Crippen MR) is 79.2 cm³/mol. The Morgan fingerprint density at radius 2 is 2.11 bits per heavy atom. The lowest BCUT2D eigenvalue weighted by atomic mass is 10.3. The molecule has 1 aromatic carbocycles. The topological polar surface area (TPSA) is 80.0 Å². The van der Waals surface area contributed by atoms with Gasteiger partial charge in [-0.05, 0) is 46.3 Å². The molecule has 0 saturated heterocycles. The first-order valence-corrected chi connectivity index (χ1v) is 6.47. The molecule has 2 aromatic rings. The van der Waals surface area contributed by atoms with Crippen LogP contribution in [0.3, 0.4) is 0 Å². The Bertz CT molecular complexity index is 620. The standard InChI is InChI=1S/C12H10BrClN4O/c13-8-6-7(14)4-5-9(8)17-12(19)10-2-1-3-11(16-10)18-15/h1-6H,15H2,(H,16,18)(H,17,19). The van der Waals surface area contributed by atoms with Gasteiger partial charge in [-0.25, -0.2) is 10.8 Å². The molecular weight excluding hydrogens is 332 g/mol. The number of carbonyl (C=O) groups excluding carboxylic acids is 1. The maximum absolute atomic E-state index is 12.0. The van der Waals surface area contributed by atoms with Crippen LogP contribution in [0.15, 0.2) is 40.9 Å². The van der Waals surface area contributed by atoms with Crippen LogP contribution in [0, 0.1) is 0 Å². The van der Waals surface area contributed by atoms with E-state index in [2.05, 4.69) is 31.7 Å². The Balaban J connectivity index is 2.20. The molecule has 19 heavy (non-hydrogen) atoms. The second-order valence-corrected chi connectivity index (χ2v) is 4.92. The number of anilines is 2. The van der Waals surface area contributed by atoms with Crippen molar-refractivity contribution in [2.24, 2.45) is 5.84 Å². The van der Waals surface area contributed by atoms with E-state index in [9.17, 15) is 4.79 Å². The molecule has 0 unspecified atom stereocenters. The Hall–Kier alpha value is -1.63. The molecule has 0 radical (unpaired) electrons. The van der Waals surface area contributed by atoms with Crippen molar-refractivity contribution in [3.8, 4) is 0 Å². The molecule has 1 amide bonds. The van der Waals surface area contributed by atoms with Crippen LogP contribution in [0.2, 0.25) is 5.02 Å². The number of aromatic nitrogens is 1. The van der Waals surface area contributed by atoms with E-state index < -0.39 is 0 Å². The summed E-state index contributed by atoms with van der Waals surface area (Å²) in [6.45, 7) is 0. The first-order chi connectivity index (χ1) is 9.10. The van der Waals surface area contributed by atoms with Gasteiger partial charge in [-0.2, -0.15) is 0 Å². The van der Waals surface area contributed by atoms with Gasteiger partial charge in [0.1, 0.15) is 11.5 Å². The quantitative estimate of drug-likeness (QED) is 0.592. The fourth-order valence-corrected chi connectivity index (χ4v) is 2.20. The third kappa shape index (κ3) is 3.44. The molecule has 2 rings (SSSR count). The summed E-state index contributed by atoms with van der Waals surface area (Å²) in [6, 6.07) is 10.0. The van der Waals surface area contributed by atoms with Crippen molar-refractivity contribution >= 4 is 44.9 Å². The fourth-order valence-electron chi connectivity index (χ4n) is 1.42. The van der Waals surface area contributed by atoms with Gasteiger partial charge >= 0.3 is 0 Å². The summed E-state index contributed by atoms with van der Waals surface area (Å²) in [5.41, 5.74) is 3.26. The first kappa shape index (κ1) is 13.8. The van der Waals surface area contributed by atoms with Crippen molar-refractivity contribution in [1.29, 1.82) is 0 Å². The smallest absolute Gasteiger partial charge is 0.274 e. The van der Waals surface area contributed by atoms with Gasteiger partial charge in [0, 0.05) is 9.50 Å². The minimum Gasteiger partial charge on any atom is -0.320 e. The monoisotopic (exact) mass is 340 g/mol. The molecule has 0 spiro atoms. The normalized spacial score (nSPS) is 10.1. The van der Waals surface area contributed by atoms with Gasteiger partial charge in [0.05, 0.1) is 5.69 Å². The highest BCUT2D eigenvalue weighted by molar-refractivity contribution is 9.10. The number of nitrogens with one attached hydrogen (secondary N) is 2. The lowest BCUT2D eigenvalue weighted by Crippen LogP contribution is -2.16. The minimum atomic E-state index is -0.333. The van der Waals surface area contributed by atoms with E-state index in [1.807, 2.05) is 0 Å². The van der Waals surface area contributed by atoms with Gasteiger partial charge in [-0.3, -0.25) is 4.79 Å². The predicted octanol–water partition coefficient (Wildman–Crippen LogP) is 3.04. The summed E-state index contributed by atoms with van der Waals surface area (Å²) in [7, 11) is 0. The molecule has 98 valence electrons. The Morgan fingerprint density at radius 3 is 2.79 bits per heavy atom. The average molecular weight is 342 g/mol. The van der Waals surface area contributed by atoms with E-state index in [0.29, 0.717) is 21.0 Å². The summed E-state index contributed by atoms with van der Waals surface area (Å²) in [5, 5.41) is 3.31. The van der Waals surface area contributed by atoms with Gasteiger partial charge in [0.15, 0.2) is 0 Å². The van der Waals surface area contributed by atoms with Gasteiger partial charge in [-0.1, -0.05) is 17.7 Å². The molecule has 0 bridgehead atoms. The maximum Gasteiger partial charge on any atom is 0.274 e. The van der Waals surface area contributed by atoms with Crippen molar-refractivity contribution in [1.82, 2.24) is 4.98 Å². The van der Waals surface area contributed by atoms with Crippen molar-refractivity contribution in [2.75, 3.05) is 10.7 Å². The van der Waals surface area contributed by atoms with E-state index in [1.165, 1.54) is 0 Å². The van der Waals surface area contributed by atoms with Crippen molar-refractivity contribution < 1.29 is 4.79 Å². The van der Waals surface area contributed by atoms with E-state index >= 15 is 0 Å². The van der Waals surface area contributed by atoms with E-state index in [1.54, 1.807) is 36.4 Å². The SMILES string of the molecule is NNc1cccc(C(=O)Nc2ccc(Cl)cc2Br)n1. The number of nitrogens with zero attached hydrogens (tertiary/aromatic N) is 1. The third-order valence-corrected chi connectivity index (χ3v) is 3.20. The number of halogens is 2. The van der Waals surface area contributed by atoms with Crippen molar-refractivity contribution in [2.45, 2.75) is 0 Å². The Kier molecular flexibility index (Phi) is 4.36. The number of carbonyl (C=O) groups is 1. The molecule has 0 atom stereocenters. The Labute approximate surface area is 123 Å². The molecule has 0 aliphatic heterocycles. The number of hydrogen-bond acceptors (Lipinski definition) is 4. The lowest BCUT2D eigenvalue weighted by molar-refractivity contribution is 0.102. The molecule has 0 saturated carbocycles. The molecular formula is C12H10BrClN4O. The summed E-state index contributed by atoms with van der Waals surface area (Å²) in [5.74, 6) is 5.33. The lowest BCUT2D eigenvalue weighted by Gasteiger charge is -2.08. The van der Waals surface area contributed by atoms with Crippen LogP contribution in [0.5, 0.6) is 0 Å². The van der Waals surface area contributed by atoms with E-state index in [-0.39, 0.29) is 11.6 Å². The molecule has 1 heterocycles. The number of benzene rings is 1. The molecule has 5 nitrogen and oxygen atoms in total. The molecule has 4 N–H and O–H groups in total. The van der Waals surface area contributed by atoms with Crippen LogP contribution in [0.4, 0.5) is 11.5 Å². The van der Waals surface area contributed by atoms with E-state index in [4.69, 9.17) is 17.4 Å². The summed E-state index contributed by atoms with van der Waals surface area (Å²) in [6.07, 6.45) is 0. The second kappa shape index (κ2) is 6.01. The van der Waals surface area contributed by atoms with Crippen LogP contribution in [-0.2, 0) is 0 Å². The number of nitrogen functional groups attached to an aromatic ring is 1. The zero-order valence-electron chi connectivity index (χ0n) is 9.65. The largest absolute Gasteiger partial charge is 0.320 e. The van der Waals surface area contributed by atoms with Crippen molar-refractivity contribution in [3.63, 3.8) is 0 Å². The number of rotatable bonds is 3. The maximum atomic E-state index is 12.0. The van der Waals surface area contributed by atoms with Gasteiger partial charge in [0.2, 0.25) is 0 Å². The average Bonchev–Trinajstić information content (AvgIpc) is 2.42. The van der Waals surface area contributed by atoms with Crippen LogP contribution in [0.1, 0.15) is 10.5 Å². The molecule has 0 aliphatic carbocycles. The number of nitrogens with two attached hydrogens (primary N) is 1. The fraction of sp³-hybridized carbons (Fsp3) is 0. The van der Waals surface area contributed by atoms with Crippen LogP contribution < -0.4 is 16.6 Å². The molecule has 7 heteroatoms. The number of hydrazine groups is 1. The first-order valence-electron chi connectivity index (χ1n) is 5.30.